The Morgan fingerprint density at radius 2 is 2.39 bits per heavy atom. The van der Waals surface area contributed by atoms with Crippen molar-refractivity contribution in [1.82, 2.24) is 0 Å². The number of nitro benzene ring substituents is 1. The van der Waals surface area contributed by atoms with E-state index in [1.807, 2.05) is 0 Å². The molecule has 98 valence electrons. The summed E-state index contributed by atoms with van der Waals surface area (Å²) in [5.41, 5.74) is -0.540. The first-order chi connectivity index (χ1) is 8.66. The summed E-state index contributed by atoms with van der Waals surface area (Å²) in [4.78, 5) is 9.67. The fourth-order valence-electron chi connectivity index (χ4n) is 1.91. The maximum Gasteiger partial charge on any atom is 0.305 e. The Bertz CT molecular complexity index is 432. The summed E-state index contributed by atoms with van der Waals surface area (Å²) >= 11 is 0. The highest BCUT2D eigenvalue weighted by molar-refractivity contribution is 5.37. The lowest BCUT2D eigenvalue weighted by atomic mass is 10.2. The molecule has 2 rings (SSSR count). The zero-order chi connectivity index (χ0) is 13.0. The molecule has 1 saturated heterocycles. The van der Waals surface area contributed by atoms with Gasteiger partial charge in [0, 0.05) is 25.2 Å². The highest BCUT2D eigenvalue weighted by atomic mass is 19.1. The van der Waals surface area contributed by atoms with E-state index in [0.29, 0.717) is 12.4 Å². The number of nitrogens with zero attached hydrogens (tertiary/aromatic N) is 1. The first-order valence-corrected chi connectivity index (χ1v) is 5.85. The van der Waals surface area contributed by atoms with Crippen LogP contribution in [0.4, 0.5) is 10.1 Å². The normalized spacial score (nSPS) is 18.8. The predicted octanol–water partition coefficient (Wildman–Crippen LogP) is 2.68. The van der Waals surface area contributed by atoms with Crippen LogP contribution < -0.4 is 4.74 Å². The molecule has 1 aromatic rings. The second-order valence-electron chi connectivity index (χ2n) is 4.14. The number of ether oxygens (including phenoxy) is 2. The number of nitro groups is 1. The van der Waals surface area contributed by atoms with Gasteiger partial charge in [-0.25, -0.2) is 0 Å². The minimum Gasteiger partial charge on any atom is -0.493 e. The van der Waals surface area contributed by atoms with Crippen LogP contribution in [-0.2, 0) is 4.74 Å². The van der Waals surface area contributed by atoms with Crippen molar-refractivity contribution >= 4 is 5.69 Å². The first kappa shape index (κ1) is 12.8. The van der Waals surface area contributed by atoms with E-state index in [0.717, 1.165) is 38.0 Å². The fourth-order valence-corrected chi connectivity index (χ4v) is 1.91. The van der Waals surface area contributed by atoms with Crippen LogP contribution in [0.3, 0.4) is 0 Å². The summed E-state index contributed by atoms with van der Waals surface area (Å²) < 4.78 is 24.0. The van der Waals surface area contributed by atoms with Crippen molar-refractivity contribution < 1.29 is 18.8 Å². The Labute approximate surface area is 104 Å². The van der Waals surface area contributed by atoms with E-state index >= 15 is 0 Å². The van der Waals surface area contributed by atoms with E-state index in [4.69, 9.17) is 9.47 Å². The molecule has 0 aliphatic carbocycles. The standard InChI is InChI=1S/C12H14FNO4/c13-11-8-10(3-4-12(11)14(15)16)18-7-5-9-2-1-6-17-9/h3-4,8-9H,1-2,5-7H2. The number of hydrogen-bond acceptors (Lipinski definition) is 4. The van der Waals surface area contributed by atoms with Gasteiger partial charge in [0.05, 0.1) is 17.6 Å². The lowest BCUT2D eigenvalue weighted by Gasteiger charge is -2.10. The van der Waals surface area contributed by atoms with E-state index in [1.54, 1.807) is 0 Å². The first-order valence-electron chi connectivity index (χ1n) is 5.85. The molecule has 0 bridgehead atoms. The Morgan fingerprint density at radius 3 is 3.00 bits per heavy atom. The molecule has 1 heterocycles. The molecule has 1 unspecified atom stereocenters. The fraction of sp³-hybridized carbons (Fsp3) is 0.500. The van der Waals surface area contributed by atoms with Crippen LogP contribution in [0.5, 0.6) is 5.75 Å². The molecule has 0 aromatic heterocycles. The SMILES string of the molecule is O=[N+]([O-])c1ccc(OCCC2CCCO2)cc1F. The van der Waals surface area contributed by atoms with Gasteiger partial charge in [-0.15, -0.1) is 0 Å². The third-order valence-electron chi connectivity index (χ3n) is 2.85. The van der Waals surface area contributed by atoms with Crippen molar-refractivity contribution in [3.8, 4) is 5.75 Å². The van der Waals surface area contributed by atoms with Crippen molar-refractivity contribution in [3.05, 3.63) is 34.1 Å². The van der Waals surface area contributed by atoms with Gasteiger partial charge >= 0.3 is 5.69 Å². The summed E-state index contributed by atoms with van der Waals surface area (Å²) in [7, 11) is 0. The average molecular weight is 255 g/mol. The van der Waals surface area contributed by atoms with E-state index < -0.39 is 16.4 Å². The topological polar surface area (TPSA) is 61.6 Å². The molecule has 5 nitrogen and oxygen atoms in total. The number of halogens is 1. The summed E-state index contributed by atoms with van der Waals surface area (Å²) in [5.74, 6) is -0.578. The second-order valence-corrected chi connectivity index (χ2v) is 4.14. The summed E-state index contributed by atoms with van der Waals surface area (Å²) in [6, 6.07) is 3.54. The minimum absolute atomic E-state index is 0.216. The maximum atomic E-state index is 13.3. The third-order valence-corrected chi connectivity index (χ3v) is 2.85. The summed E-state index contributed by atoms with van der Waals surface area (Å²) in [5, 5.41) is 10.4. The van der Waals surface area contributed by atoms with Crippen LogP contribution in [0.2, 0.25) is 0 Å². The lowest BCUT2D eigenvalue weighted by molar-refractivity contribution is -0.387. The van der Waals surface area contributed by atoms with Crippen molar-refractivity contribution in [2.75, 3.05) is 13.2 Å². The summed E-state index contributed by atoms with van der Waals surface area (Å²) in [6.07, 6.45) is 3.06. The molecule has 0 amide bonds. The van der Waals surface area contributed by atoms with Crippen molar-refractivity contribution in [1.29, 1.82) is 0 Å². The Morgan fingerprint density at radius 1 is 1.56 bits per heavy atom. The maximum absolute atomic E-state index is 13.3. The highest BCUT2D eigenvalue weighted by Crippen LogP contribution is 2.23. The Hall–Kier alpha value is -1.69. The predicted molar refractivity (Wildman–Crippen MR) is 62.1 cm³/mol. The van der Waals surface area contributed by atoms with Crippen LogP contribution in [-0.4, -0.2) is 24.2 Å². The second kappa shape index (κ2) is 5.77. The molecule has 1 aliphatic heterocycles. The largest absolute Gasteiger partial charge is 0.493 e. The van der Waals surface area contributed by atoms with Gasteiger partial charge in [0.25, 0.3) is 0 Å². The molecule has 0 spiro atoms. The van der Waals surface area contributed by atoms with Gasteiger partial charge in [-0.1, -0.05) is 0 Å². The van der Waals surface area contributed by atoms with Crippen LogP contribution in [0.15, 0.2) is 18.2 Å². The molecule has 18 heavy (non-hydrogen) atoms. The zero-order valence-electron chi connectivity index (χ0n) is 9.80. The molecule has 0 saturated carbocycles. The quantitative estimate of drug-likeness (QED) is 0.599. The molecule has 1 fully saturated rings. The average Bonchev–Trinajstić information content (AvgIpc) is 2.81. The van der Waals surface area contributed by atoms with Gasteiger partial charge in [-0.3, -0.25) is 10.1 Å². The number of hydrogen-bond donors (Lipinski definition) is 0. The Kier molecular flexibility index (Phi) is 4.09. The molecular weight excluding hydrogens is 241 g/mol. The molecule has 1 aromatic carbocycles. The molecule has 0 radical (unpaired) electrons. The monoisotopic (exact) mass is 255 g/mol. The smallest absolute Gasteiger partial charge is 0.305 e. The molecule has 0 N–H and O–H groups in total. The van der Waals surface area contributed by atoms with Gasteiger partial charge < -0.3 is 9.47 Å². The van der Waals surface area contributed by atoms with Crippen LogP contribution >= 0.6 is 0 Å². The van der Waals surface area contributed by atoms with E-state index in [1.165, 1.54) is 6.07 Å². The zero-order valence-corrected chi connectivity index (χ0v) is 9.80. The minimum atomic E-state index is -0.880. The van der Waals surface area contributed by atoms with Crippen molar-refractivity contribution in [3.63, 3.8) is 0 Å². The molecule has 1 aliphatic rings. The van der Waals surface area contributed by atoms with Crippen molar-refractivity contribution in [2.24, 2.45) is 0 Å². The summed E-state index contributed by atoms with van der Waals surface area (Å²) in [6.45, 7) is 1.21. The van der Waals surface area contributed by atoms with Crippen LogP contribution in [0.25, 0.3) is 0 Å². The van der Waals surface area contributed by atoms with E-state index in [-0.39, 0.29) is 6.10 Å². The van der Waals surface area contributed by atoms with Crippen molar-refractivity contribution in [2.45, 2.75) is 25.4 Å². The third kappa shape index (κ3) is 3.16. The van der Waals surface area contributed by atoms with Gasteiger partial charge in [0.2, 0.25) is 5.82 Å². The van der Waals surface area contributed by atoms with Crippen LogP contribution in [0.1, 0.15) is 19.3 Å². The van der Waals surface area contributed by atoms with Gasteiger partial charge in [0.15, 0.2) is 0 Å². The van der Waals surface area contributed by atoms with E-state index in [2.05, 4.69) is 0 Å². The lowest BCUT2D eigenvalue weighted by Crippen LogP contribution is -2.10. The molecule has 6 heteroatoms. The number of benzene rings is 1. The van der Waals surface area contributed by atoms with Crippen LogP contribution in [0, 0.1) is 15.9 Å². The molecular formula is C12H14FNO4. The number of rotatable bonds is 5. The van der Waals surface area contributed by atoms with Gasteiger partial charge in [-0.05, 0) is 18.9 Å². The van der Waals surface area contributed by atoms with Gasteiger partial charge in [-0.2, -0.15) is 4.39 Å². The molecule has 1 atom stereocenters. The highest BCUT2D eigenvalue weighted by Gasteiger charge is 2.16. The van der Waals surface area contributed by atoms with E-state index in [9.17, 15) is 14.5 Å². The van der Waals surface area contributed by atoms with Gasteiger partial charge in [0.1, 0.15) is 5.75 Å². The Balaban J connectivity index is 1.85.